The highest BCUT2D eigenvalue weighted by molar-refractivity contribution is 6.30. The Labute approximate surface area is 171 Å². The fourth-order valence-electron chi connectivity index (χ4n) is 4.35. The molecule has 2 heterocycles. The molecule has 0 spiro atoms. The summed E-state index contributed by atoms with van der Waals surface area (Å²) in [4.78, 5) is 41.0. The third-order valence-electron chi connectivity index (χ3n) is 5.66. The van der Waals surface area contributed by atoms with E-state index in [1.165, 1.54) is 6.92 Å². The predicted molar refractivity (Wildman–Crippen MR) is 108 cm³/mol. The van der Waals surface area contributed by atoms with Crippen molar-refractivity contribution in [2.24, 2.45) is 11.8 Å². The van der Waals surface area contributed by atoms with E-state index >= 15 is 0 Å². The molecular weight excluding hydrogens is 378 g/mol. The van der Waals surface area contributed by atoms with Crippen LogP contribution < -0.4 is 5.32 Å². The lowest BCUT2D eigenvalue weighted by Gasteiger charge is -2.40. The molecule has 28 heavy (non-hydrogen) atoms. The second-order valence-electron chi connectivity index (χ2n) is 8.24. The minimum atomic E-state index is -0.254. The molecule has 1 aromatic carbocycles. The van der Waals surface area contributed by atoms with E-state index in [0.29, 0.717) is 30.5 Å². The van der Waals surface area contributed by atoms with Gasteiger partial charge in [-0.1, -0.05) is 37.6 Å². The molecule has 3 rings (SSSR count). The van der Waals surface area contributed by atoms with Crippen LogP contribution in [0.2, 0.25) is 5.02 Å². The van der Waals surface area contributed by atoms with Crippen molar-refractivity contribution < 1.29 is 14.4 Å². The van der Waals surface area contributed by atoms with Gasteiger partial charge in [0.15, 0.2) is 0 Å². The van der Waals surface area contributed by atoms with Gasteiger partial charge in [0.2, 0.25) is 17.7 Å². The average molecular weight is 406 g/mol. The summed E-state index contributed by atoms with van der Waals surface area (Å²) in [6.07, 6.45) is 1.38. The molecule has 0 saturated carbocycles. The highest BCUT2D eigenvalue weighted by Crippen LogP contribution is 2.36. The number of hydrogen-bond acceptors (Lipinski definition) is 3. The van der Waals surface area contributed by atoms with Crippen molar-refractivity contribution in [3.63, 3.8) is 0 Å². The molecule has 0 radical (unpaired) electrons. The molecule has 2 saturated heterocycles. The van der Waals surface area contributed by atoms with E-state index in [0.717, 1.165) is 12.0 Å². The Morgan fingerprint density at radius 3 is 2.54 bits per heavy atom. The Kier molecular flexibility index (Phi) is 6.28. The molecule has 1 aromatic rings. The van der Waals surface area contributed by atoms with Gasteiger partial charge in [-0.15, -0.1) is 0 Å². The number of hydrogen-bond donors (Lipinski definition) is 1. The van der Waals surface area contributed by atoms with Gasteiger partial charge in [0.25, 0.3) is 0 Å². The minimum Gasteiger partial charge on any atom is -0.352 e. The number of nitrogens with zero attached hydrogens (tertiary/aromatic N) is 2. The number of rotatable bonds is 5. The van der Waals surface area contributed by atoms with Gasteiger partial charge in [-0.05, 0) is 36.5 Å². The Morgan fingerprint density at radius 2 is 1.93 bits per heavy atom. The van der Waals surface area contributed by atoms with Crippen LogP contribution in [0.3, 0.4) is 0 Å². The first-order valence-electron chi connectivity index (χ1n) is 9.85. The van der Waals surface area contributed by atoms with Gasteiger partial charge in [0.1, 0.15) is 0 Å². The zero-order chi connectivity index (χ0) is 20.4. The standard InChI is InChI=1S/C21H28ClN3O3/c1-13(2)8-19-18(21(28)23-10-15-4-6-16(22)7-5-15)9-17-11-24(14(3)26)12-20(27)25(17)19/h4-7,13,17-19H,8-12H2,1-3H3,(H,23,28)/t17-,18-,19-/m0/s1. The van der Waals surface area contributed by atoms with E-state index in [1.807, 2.05) is 17.0 Å². The summed E-state index contributed by atoms with van der Waals surface area (Å²) in [5.41, 5.74) is 0.979. The third-order valence-corrected chi connectivity index (χ3v) is 5.91. The monoisotopic (exact) mass is 405 g/mol. The molecule has 3 amide bonds. The van der Waals surface area contributed by atoms with E-state index in [-0.39, 0.29) is 42.3 Å². The molecule has 0 bridgehead atoms. The lowest BCUT2D eigenvalue weighted by Crippen LogP contribution is -2.57. The van der Waals surface area contributed by atoms with Crippen molar-refractivity contribution in [1.29, 1.82) is 0 Å². The minimum absolute atomic E-state index is 0.0304. The smallest absolute Gasteiger partial charge is 0.242 e. The van der Waals surface area contributed by atoms with Gasteiger partial charge < -0.3 is 15.1 Å². The van der Waals surface area contributed by atoms with Gasteiger partial charge in [-0.25, -0.2) is 0 Å². The number of carbonyl (C=O) groups excluding carboxylic acids is 3. The maximum absolute atomic E-state index is 13.0. The fourth-order valence-corrected chi connectivity index (χ4v) is 4.47. The SMILES string of the molecule is CC(=O)N1CC(=O)N2[C@@H](C[C@H](C(=O)NCc3ccc(Cl)cc3)[C@@H]2CC(C)C)C1. The second kappa shape index (κ2) is 8.52. The van der Waals surface area contributed by atoms with Crippen LogP contribution in [0.5, 0.6) is 0 Å². The number of amides is 3. The van der Waals surface area contributed by atoms with Gasteiger partial charge in [-0.3, -0.25) is 14.4 Å². The van der Waals surface area contributed by atoms with Crippen LogP contribution in [0.1, 0.15) is 39.2 Å². The van der Waals surface area contributed by atoms with Crippen molar-refractivity contribution in [2.45, 2.75) is 52.2 Å². The second-order valence-corrected chi connectivity index (χ2v) is 8.67. The average Bonchev–Trinajstić information content (AvgIpc) is 2.99. The number of carbonyl (C=O) groups is 3. The zero-order valence-corrected chi connectivity index (χ0v) is 17.4. The van der Waals surface area contributed by atoms with Crippen LogP contribution in [0.25, 0.3) is 0 Å². The zero-order valence-electron chi connectivity index (χ0n) is 16.7. The first kappa shape index (κ1) is 20.6. The number of nitrogens with one attached hydrogen (secondary N) is 1. The normalized spacial score (nSPS) is 24.5. The van der Waals surface area contributed by atoms with E-state index in [2.05, 4.69) is 19.2 Å². The lowest BCUT2D eigenvalue weighted by molar-refractivity contribution is -0.148. The molecular formula is C21H28ClN3O3. The Morgan fingerprint density at radius 1 is 1.25 bits per heavy atom. The summed E-state index contributed by atoms with van der Waals surface area (Å²) >= 11 is 5.91. The van der Waals surface area contributed by atoms with Crippen molar-refractivity contribution in [3.8, 4) is 0 Å². The van der Waals surface area contributed by atoms with E-state index < -0.39 is 0 Å². The number of piperazine rings is 1. The number of fused-ring (bicyclic) bond motifs is 1. The quantitative estimate of drug-likeness (QED) is 0.818. The summed E-state index contributed by atoms with van der Waals surface area (Å²) in [6, 6.07) is 7.18. The molecule has 152 valence electrons. The highest BCUT2D eigenvalue weighted by atomic mass is 35.5. The summed E-state index contributed by atoms with van der Waals surface area (Å²) in [5.74, 6) is -0.0594. The molecule has 3 atom stereocenters. The first-order valence-corrected chi connectivity index (χ1v) is 10.2. The molecule has 1 N–H and O–H groups in total. The Bertz CT molecular complexity index is 750. The first-order chi connectivity index (χ1) is 13.3. The van der Waals surface area contributed by atoms with Crippen LogP contribution in [0.4, 0.5) is 0 Å². The number of halogens is 1. The van der Waals surface area contributed by atoms with Gasteiger partial charge in [0, 0.05) is 31.1 Å². The van der Waals surface area contributed by atoms with Crippen LogP contribution in [-0.2, 0) is 20.9 Å². The van der Waals surface area contributed by atoms with Crippen molar-refractivity contribution in [3.05, 3.63) is 34.9 Å². The van der Waals surface area contributed by atoms with E-state index in [9.17, 15) is 14.4 Å². The summed E-state index contributed by atoms with van der Waals surface area (Å²) in [7, 11) is 0. The summed E-state index contributed by atoms with van der Waals surface area (Å²) < 4.78 is 0. The van der Waals surface area contributed by atoms with E-state index in [1.54, 1.807) is 17.0 Å². The van der Waals surface area contributed by atoms with Crippen LogP contribution in [0.15, 0.2) is 24.3 Å². The van der Waals surface area contributed by atoms with Crippen LogP contribution >= 0.6 is 11.6 Å². The van der Waals surface area contributed by atoms with Crippen LogP contribution in [-0.4, -0.2) is 52.7 Å². The Hall–Kier alpha value is -2.08. The third kappa shape index (κ3) is 4.49. The molecule has 0 aromatic heterocycles. The van der Waals surface area contributed by atoms with Crippen molar-refractivity contribution in [1.82, 2.24) is 15.1 Å². The molecule has 6 nitrogen and oxygen atoms in total. The predicted octanol–water partition coefficient (Wildman–Crippen LogP) is 2.45. The fraction of sp³-hybridized carbons (Fsp3) is 0.571. The van der Waals surface area contributed by atoms with Crippen molar-refractivity contribution in [2.75, 3.05) is 13.1 Å². The van der Waals surface area contributed by atoms with Crippen molar-refractivity contribution >= 4 is 29.3 Å². The largest absolute Gasteiger partial charge is 0.352 e. The lowest BCUT2D eigenvalue weighted by atomic mass is 9.91. The number of benzene rings is 1. The summed E-state index contributed by atoms with van der Waals surface area (Å²) in [5, 5.41) is 3.68. The Balaban J connectivity index is 1.72. The maximum Gasteiger partial charge on any atom is 0.242 e. The molecule has 0 aliphatic carbocycles. The van der Waals surface area contributed by atoms with Crippen LogP contribution in [0, 0.1) is 11.8 Å². The van der Waals surface area contributed by atoms with E-state index in [4.69, 9.17) is 11.6 Å². The maximum atomic E-state index is 13.0. The molecule has 7 heteroatoms. The summed E-state index contributed by atoms with van der Waals surface area (Å²) in [6.45, 7) is 6.74. The molecule has 2 fully saturated rings. The molecule has 0 unspecified atom stereocenters. The molecule has 2 aliphatic rings. The van der Waals surface area contributed by atoms with Gasteiger partial charge in [0.05, 0.1) is 18.5 Å². The van der Waals surface area contributed by atoms with Gasteiger partial charge >= 0.3 is 0 Å². The highest BCUT2D eigenvalue weighted by Gasteiger charge is 2.49. The van der Waals surface area contributed by atoms with Gasteiger partial charge in [-0.2, -0.15) is 0 Å². The molecule has 2 aliphatic heterocycles. The topological polar surface area (TPSA) is 69.7 Å².